The summed E-state index contributed by atoms with van der Waals surface area (Å²) in [6.45, 7) is 3.62. The number of nitrogens with zero attached hydrogens (tertiary/aromatic N) is 2. The molecule has 0 saturated heterocycles. The number of rotatable bonds is 7. The van der Waals surface area contributed by atoms with Crippen molar-refractivity contribution in [2.45, 2.75) is 45.3 Å². The Bertz CT molecular complexity index is 836. The van der Waals surface area contributed by atoms with Gasteiger partial charge in [-0.3, -0.25) is 4.57 Å². The summed E-state index contributed by atoms with van der Waals surface area (Å²) in [4.78, 5) is 27.6. The van der Waals surface area contributed by atoms with E-state index in [4.69, 9.17) is 4.74 Å². The maximum absolute atomic E-state index is 12.1. The van der Waals surface area contributed by atoms with Crippen LogP contribution >= 0.6 is 0 Å². The van der Waals surface area contributed by atoms with E-state index in [-0.39, 0.29) is 11.7 Å². The third kappa shape index (κ3) is 5.92. The van der Waals surface area contributed by atoms with E-state index in [1.54, 1.807) is 12.3 Å². The van der Waals surface area contributed by atoms with Crippen molar-refractivity contribution < 1.29 is 9.53 Å². The predicted octanol–water partition coefficient (Wildman–Crippen LogP) is 3.01. The van der Waals surface area contributed by atoms with Gasteiger partial charge in [-0.25, -0.2) is 14.6 Å². The van der Waals surface area contributed by atoms with Gasteiger partial charge in [-0.1, -0.05) is 31.9 Å². The molecule has 0 unspecified atom stereocenters. The standard InChI is InChI=1S/C21H28N4O3/c1-16-6-2-3-9-19(16)28-13-11-22-20(26)24-18-8-4-7-17(14-18)15-25-12-5-10-23-21(25)27/h4-5,7-8,10,12,14,16,19H,2-3,6,9,11,13,15H2,1H3,(H2,22,24,26)/t16-,19+/m0/s1. The number of carbonyl (C=O) groups excluding carboxylic acids is 1. The molecular formula is C21H28N4O3. The molecule has 3 rings (SSSR count). The Balaban J connectivity index is 1.44. The number of aromatic nitrogens is 2. The Hall–Kier alpha value is -2.67. The van der Waals surface area contributed by atoms with Gasteiger partial charge in [0, 0.05) is 24.6 Å². The van der Waals surface area contributed by atoms with Gasteiger partial charge < -0.3 is 15.4 Å². The minimum atomic E-state index is -0.300. The molecular weight excluding hydrogens is 356 g/mol. The molecule has 2 aromatic rings. The topological polar surface area (TPSA) is 85.2 Å². The van der Waals surface area contributed by atoms with E-state index in [2.05, 4.69) is 22.5 Å². The SMILES string of the molecule is C[C@H]1CCCC[C@H]1OCCNC(=O)Nc1cccc(Cn2cccnc2=O)c1. The van der Waals surface area contributed by atoms with Crippen molar-refractivity contribution in [3.05, 3.63) is 58.8 Å². The van der Waals surface area contributed by atoms with E-state index in [1.807, 2.05) is 24.3 Å². The molecule has 1 heterocycles. The molecule has 150 valence electrons. The number of carbonyl (C=O) groups is 1. The maximum Gasteiger partial charge on any atom is 0.347 e. The number of hydrogen-bond donors (Lipinski definition) is 2. The molecule has 7 heteroatoms. The van der Waals surface area contributed by atoms with Gasteiger partial charge in [0.1, 0.15) is 0 Å². The number of urea groups is 1. The molecule has 1 fully saturated rings. The first-order chi connectivity index (χ1) is 13.6. The highest BCUT2D eigenvalue weighted by molar-refractivity contribution is 5.89. The van der Waals surface area contributed by atoms with Crippen LogP contribution in [-0.4, -0.2) is 34.8 Å². The van der Waals surface area contributed by atoms with Crippen LogP contribution in [0, 0.1) is 5.92 Å². The molecule has 2 amide bonds. The summed E-state index contributed by atoms with van der Waals surface area (Å²) in [6.07, 6.45) is 8.32. The highest BCUT2D eigenvalue weighted by Gasteiger charge is 2.21. The van der Waals surface area contributed by atoms with Crippen molar-refractivity contribution in [1.82, 2.24) is 14.9 Å². The molecule has 0 bridgehead atoms. The zero-order valence-corrected chi connectivity index (χ0v) is 16.3. The van der Waals surface area contributed by atoms with Crippen molar-refractivity contribution in [2.75, 3.05) is 18.5 Å². The number of anilines is 1. The Morgan fingerprint density at radius 1 is 1.29 bits per heavy atom. The summed E-state index contributed by atoms with van der Waals surface area (Å²) in [6, 6.07) is 8.86. The summed E-state index contributed by atoms with van der Waals surface area (Å²) in [7, 11) is 0. The molecule has 0 aliphatic heterocycles. The largest absolute Gasteiger partial charge is 0.376 e. The monoisotopic (exact) mass is 384 g/mol. The molecule has 0 radical (unpaired) electrons. The fraction of sp³-hybridized carbons (Fsp3) is 0.476. The van der Waals surface area contributed by atoms with Gasteiger partial charge in [0.05, 0.1) is 19.3 Å². The fourth-order valence-electron chi connectivity index (χ4n) is 3.53. The van der Waals surface area contributed by atoms with Gasteiger partial charge in [-0.15, -0.1) is 0 Å². The molecule has 28 heavy (non-hydrogen) atoms. The maximum atomic E-state index is 12.1. The van der Waals surface area contributed by atoms with E-state index >= 15 is 0 Å². The first-order valence-electron chi connectivity index (χ1n) is 9.88. The summed E-state index contributed by atoms with van der Waals surface area (Å²) < 4.78 is 7.43. The van der Waals surface area contributed by atoms with E-state index in [1.165, 1.54) is 30.0 Å². The minimum absolute atomic E-state index is 0.268. The Morgan fingerprint density at radius 2 is 2.14 bits per heavy atom. The lowest BCUT2D eigenvalue weighted by Gasteiger charge is -2.28. The van der Waals surface area contributed by atoms with E-state index < -0.39 is 0 Å². The van der Waals surface area contributed by atoms with Crippen LogP contribution in [0.3, 0.4) is 0 Å². The lowest BCUT2D eigenvalue weighted by Crippen LogP contribution is -2.34. The predicted molar refractivity (Wildman–Crippen MR) is 108 cm³/mol. The van der Waals surface area contributed by atoms with E-state index in [0.717, 1.165) is 12.0 Å². The van der Waals surface area contributed by atoms with Crippen LogP contribution in [0.2, 0.25) is 0 Å². The summed E-state index contributed by atoms with van der Waals surface area (Å²) in [5.41, 5.74) is 1.28. The Kier molecular flexibility index (Phi) is 7.19. The van der Waals surface area contributed by atoms with Crippen LogP contribution in [0.1, 0.15) is 38.2 Å². The van der Waals surface area contributed by atoms with Crippen LogP contribution in [0.15, 0.2) is 47.5 Å². The van der Waals surface area contributed by atoms with E-state index in [0.29, 0.717) is 37.4 Å². The van der Waals surface area contributed by atoms with Crippen LogP contribution in [0.5, 0.6) is 0 Å². The average molecular weight is 384 g/mol. The summed E-state index contributed by atoms with van der Waals surface area (Å²) in [5, 5.41) is 5.64. The molecule has 7 nitrogen and oxygen atoms in total. The molecule has 1 aliphatic carbocycles. The van der Waals surface area contributed by atoms with Crippen LogP contribution in [0.25, 0.3) is 0 Å². The number of ether oxygens (including phenoxy) is 1. The number of nitrogens with one attached hydrogen (secondary N) is 2. The van der Waals surface area contributed by atoms with Crippen LogP contribution in [0.4, 0.5) is 10.5 Å². The van der Waals surface area contributed by atoms with Gasteiger partial charge in [0.15, 0.2) is 0 Å². The highest BCUT2D eigenvalue weighted by atomic mass is 16.5. The Labute approximate surface area is 165 Å². The molecule has 1 saturated carbocycles. The average Bonchev–Trinajstić information content (AvgIpc) is 2.69. The van der Waals surface area contributed by atoms with Gasteiger partial charge in [-0.05, 0) is 42.5 Å². The second-order valence-corrected chi connectivity index (χ2v) is 7.28. The van der Waals surface area contributed by atoms with Crippen LogP contribution in [-0.2, 0) is 11.3 Å². The smallest absolute Gasteiger partial charge is 0.347 e. The van der Waals surface area contributed by atoms with E-state index in [9.17, 15) is 9.59 Å². The summed E-state index contributed by atoms with van der Waals surface area (Å²) >= 11 is 0. The van der Waals surface area contributed by atoms with Gasteiger partial charge in [-0.2, -0.15) is 0 Å². The quantitative estimate of drug-likeness (QED) is 0.719. The third-order valence-corrected chi connectivity index (χ3v) is 5.07. The molecule has 1 aromatic heterocycles. The first-order valence-corrected chi connectivity index (χ1v) is 9.88. The van der Waals surface area contributed by atoms with Gasteiger partial charge in [0.2, 0.25) is 0 Å². The number of hydrogen-bond acceptors (Lipinski definition) is 4. The zero-order valence-electron chi connectivity index (χ0n) is 16.3. The fourth-order valence-corrected chi connectivity index (χ4v) is 3.53. The molecule has 1 aromatic carbocycles. The molecule has 0 spiro atoms. The second-order valence-electron chi connectivity index (χ2n) is 7.28. The highest BCUT2D eigenvalue weighted by Crippen LogP contribution is 2.25. The Morgan fingerprint density at radius 3 is 2.96 bits per heavy atom. The normalized spacial score (nSPS) is 19.2. The van der Waals surface area contributed by atoms with Gasteiger partial charge in [0.25, 0.3) is 0 Å². The summed E-state index contributed by atoms with van der Waals surface area (Å²) in [5.74, 6) is 0.595. The number of amides is 2. The first kappa shape index (κ1) is 20.1. The second kappa shape index (κ2) is 10.0. The minimum Gasteiger partial charge on any atom is -0.376 e. The van der Waals surface area contributed by atoms with Crippen LogP contribution < -0.4 is 16.3 Å². The van der Waals surface area contributed by atoms with Crippen molar-refractivity contribution in [1.29, 1.82) is 0 Å². The third-order valence-electron chi connectivity index (χ3n) is 5.07. The lowest BCUT2D eigenvalue weighted by molar-refractivity contribution is -0.00232. The van der Waals surface area contributed by atoms with Gasteiger partial charge >= 0.3 is 11.7 Å². The van der Waals surface area contributed by atoms with Crippen molar-refractivity contribution in [3.63, 3.8) is 0 Å². The van der Waals surface area contributed by atoms with Crippen molar-refractivity contribution in [2.24, 2.45) is 5.92 Å². The van der Waals surface area contributed by atoms with Crippen molar-refractivity contribution >= 4 is 11.7 Å². The lowest BCUT2D eigenvalue weighted by atomic mass is 9.88. The molecule has 2 N–H and O–H groups in total. The number of benzene rings is 1. The molecule has 1 aliphatic rings. The molecule has 2 atom stereocenters. The van der Waals surface area contributed by atoms with Crippen molar-refractivity contribution in [3.8, 4) is 0 Å². The zero-order chi connectivity index (χ0) is 19.8.